The molecule has 0 saturated carbocycles. The Bertz CT molecular complexity index is 1240. The third-order valence-electron chi connectivity index (χ3n) is 7.40. The van der Waals surface area contributed by atoms with E-state index < -0.39 is 0 Å². The summed E-state index contributed by atoms with van der Waals surface area (Å²) < 4.78 is 13.1. The van der Waals surface area contributed by atoms with E-state index in [2.05, 4.69) is 36.8 Å². The molecule has 9 heteroatoms. The number of fused-ring (bicyclic) bond motifs is 5. The number of pyridine rings is 1. The van der Waals surface area contributed by atoms with Crippen LogP contribution >= 0.6 is 23.1 Å². The van der Waals surface area contributed by atoms with Gasteiger partial charge in [-0.25, -0.2) is 15.0 Å². The molecule has 3 aliphatic heterocycles. The SMILES string of the molecule is CSc1nc(N2CCCCC2C)c2sc3nc(N4CCOCC4)c4c(c3c2n1)CC(C)(C)OC4. The number of anilines is 2. The van der Waals surface area contributed by atoms with E-state index >= 15 is 0 Å². The van der Waals surface area contributed by atoms with Crippen molar-refractivity contribution in [3.63, 3.8) is 0 Å². The molecule has 2 saturated heterocycles. The fourth-order valence-corrected chi connectivity index (χ4v) is 7.06. The van der Waals surface area contributed by atoms with Gasteiger partial charge >= 0.3 is 0 Å². The number of aromatic nitrogens is 3. The molecular formula is C25H33N5O2S2. The lowest BCUT2D eigenvalue weighted by atomic mass is 9.90. The van der Waals surface area contributed by atoms with Crippen LogP contribution in [0.3, 0.4) is 0 Å². The molecule has 7 nitrogen and oxygen atoms in total. The molecule has 1 atom stereocenters. The Balaban J connectivity index is 1.62. The van der Waals surface area contributed by atoms with Crippen LogP contribution in [0.15, 0.2) is 5.16 Å². The largest absolute Gasteiger partial charge is 0.378 e. The van der Waals surface area contributed by atoms with E-state index in [-0.39, 0.29) is 5.60 Å². The maximum absolute atomic E-state index is 6.30. The van der Waals surface area contributed by atoms with Gasteiger partial charge in [0.05, 0.1) is 35.6 Å². The van der Waals surface area contributed by atoms with E-state index in [1.54, 1.807) is 23.1 Å². The van der Waals surface area contributed by atoms with Crippen LogP contribution in [0, 0.1) is 0 Å². The second kappa shape index (κ2) is 8.76. The molecule has 3 aliphatic rings. The minimum Gasteiger partial charge on any atom is -0.378 e. The standard InChI is InChI=1S/C25H33N5O2S2/c1-15-7-5-6-8-30(15)22-20-19(26-24(28-22)33-4)18-16-13-25(2,3)32-14-17(16)21(27-23(18)34-20)29-9-11-31-12-10-29/h15H,5-14H2,1-4H3. The Morgan fingerprint density at radius 1 is 1.03 bits per heavy atom. The Morgan fingerprint density at radius 3 is 2.62 bits per heavy atom. The summed E-state index contributed by atoms with van der Waals surface area (Å²) in [5.74, 6) is 2.16. The van der Waals surface area contributed by atoms with Gasteiger partial charge in [0, 0.05) is 43.0 Å². The molecule has 0 N–H and O–H groups in total. The topological polar surface area (TPSA) is 63.6 Å². The number of hydrogen-bond donors (Lipinski definition) is 0. The van der Waals surface area contributed by atoms with Crippen LogP contribution in [-0.2, 0) is 22.5 Å². The lowest BCUT2D eigenvalue weighted by Gasteiger charge is -2.36. The van der Waals surface area contributed by atoms with Gasteiger partial charge < -0.3 is 19.3 Å². The first-order valence-electron chi connectivity index (χ1n) is 12.4. The molecule has 182 valence electrons. The predicted octanol–water partition coefficient (Wildman–Crippen LogP) is 5.03. The quantitative estimate of drug-likeness (QED) is 0.367. The average Bonchev–Trinajstić information content (AvgIpc) is 3.22. The van der Waals surface area contributed by atoms with Gasteiger partial charge in [0.15, 0.2) is 11.0 Å². The van der Waals surface area contributed by atoms with Crippen LogP contribution in [0.25, 0.3) is 20.4 Å². The summed E-state index contributed by atoms with van der Waals surface area (Å²) in [5.41, 5.74) is 3.45. The van der Waals surface area contributed by atoms with Gasteiger partial charge in [0.25, 0.3) is 0 Å². The van der Waals surface area contributed by atoms with Gasteiger partial charge in [0.1, 0.15) is 10.6 Å². The van der Waals surface area contributed by atoms with Gasteiger partial charge in [-0.3, -0.25) is 0 Å². The second-order valence-corrected chi connectivity index (χ2v) is 12.0. The van der Waals surface area contributed by atoms with Gasteiger partial charge in [0.2, 0.25) is 0 Å². The zero-order valence-corrected chi connectivity index (χ0v) is 22.2. The molecule has 0 bridgehead atoms. The predicted molar refractivity (Wildman–Crippen MR) is 141 cm³/mol. The van der Waals surface area contributed by atoms with Gasteiger partial charge in [-0.05, 0) is 51.9 Å². The van der Waals surface area contributed by atoms with Crippen LogP contribution in [0.1, 0.15) is 51.2 Å². The van der Waals surface area contributed by atoms with Crippen molar-refractivity contribution in [2.75, 3.05) is 48.9 Å². The summed E-state index contributed by atoms with van der Waals surface area (Å²) in [6, 6.07) is 0.491. The number of morpholine rings is 1. The molecule has 3 aromatic heterocycles. The van der Waals surface area contributed by atoms with Crippen molar-refractivity contribution in [3.05, 3.63) is 11.1 Å². The molecule has 1 unspecified atom stereocenters. The molecule has 0 aromatic carbocycles. The first-order chi connectivity index (χ1) is 16.4. The minimum atomic E-state index is -0.211. The molecule has 6 heterocycles. The number of thiophene rings is 1. The number of nitrogens with zero attached hydrogens (tertiary/aromatic N) is 5. The van der Waals surface area contributed by atoms with Gasteiger partial charge in [-0.2, -0.15) is 0 Å². The number of piperidine rings is 1. The van der Waals surface area contributed by atoms with Crippen molar-refractivity contribution in [2.45, 2.75) is 69.9 Å². The maximum atomic E-state index is 6.30. The highest BCUT2D eigenvalue weighted by molar-refractivity contribution is 7.98. The monoisotopic (exact) mass is 499 g/mol. The number of rotatable bonds is 3. The molecule has 6 rings (SSSR count). The summed E-state index contributed by atoms with van der Waals surface area (Å²) >= 11 is 3.40. The Hall–Kier alpha value is -1.68. The van der Waals surface area contributed by atoms with E-state index in [4.69, 9.17) is 24.4 Å². The second-order valence-electron chi connectivity index (χ2n) is 10.2. The maximum Gasteiger partial charge on any atom is 0.189 e. The third-order valence-corrected chi connectivity index (χ3v) is 9.01. The molecule has 0 radical (unpaired) electrons. The molecule has 0 aliphatic carbocycles. The highest BCUT2D eigenvalue weighted by atomic mass is 32.2. The number of thioether (sulfide) groups is 1. The average molecular weight is 500 g/mol. The van der Waals surface area contributed by atoms with E-state index in [9.17, 15) is 0 Å². The summed E-state index contributed by atoms with van der Waals surface area (Å²) in [6.07, 6.45) is 6.65. The highest BCUT2D eigenvalue weighted by Crippen LogP contribution is 2.45. The van der Waals surface area contributed by atoms with Gasteiger partial charge in [-0.1, -0.05) is 11.8 Å². The molecule has 3 aromatic rings. The fourth-order valence-electron chi connectivity index (χ4n) is 5.56. The van der Waals surface area contributed by atoms with E-state index in [0.29, 0.717) is 12.6 Å². The summed E-state index contributed by atoms with van der Waals surface area (Å²) in [6.45, 7) is 11.6. The molecule has 2 fully saturated rings. The third kappa shape index (κ3) is 3.85. The zero-order chi connectivity index (χ0) is 23.4. The van der Waals surface area contributed by atoms with Crippen LogP contribution in [0.5, 0.6) is 0 Å². The van der Waals surface area contributed by atoms with E-state index in [0.717, 1.165) is 66.4 Å². The van der Waals surface area contributed by atoms with Crippen molar-refractivity contribution >= 4 is 55.2 Å². The number of hydrogen-bond acceptors (Lipinski definition) is 9. The molecule has 0 spiro atoms. The number of ether oxygens (including phenoxy) is 2. The highest BCUT2D eigenvalue weighted by Gasteiger charge is 2.34. The van der Waals surface area contributed by atoms with Crippen molar-refractivity contribution in [2.24, 2.45) is 0 Å². The lowest BCUT2D eigenvalue weighted by molar-refractivity contribution is -0.0396. The first-order valence-corrected chi connectivity index (χ1v) is 14.4. The molecule has 34 heavy (non-hydrogen) atoms. The molecule has 0 amide bonds. The van der Waals surface area contributed by atoms with Crippen molar-refractivity contribution < 1.29 is 9.47 Å². The van der Waals surface area contributed by atoms with Crippen LogP contribution in [-0.4, -0.2) is 65.7 Å². The minimum absolute atomic E-state index is 0.211. The van der Waals surface area contributed by atoms with E-state index in [1.807, 2.05) is 0 Å². The Labute approximate surface area is 209 Å². The molecular weight excluding hydrogens is 466 g/mol. The van der Waals surface area contributed by atoms with E-state index in [1.165, 1.54) is 40.5 Å². The fraction of sp³-hybridized carbons (Fsp3) is 0.640. The smallest absolute Gasteiger partial charge is 0.189 e. The van der Waals surface area contributed by atoms with Crippen molar-refractivity contribution in [1.29, 1.82) is 0 Å². The Morgan fingerprint density at radius 2 is 1.85 bits per heavy atom. The zero-order valence-electron chi connectivity index (χ0n) is 20.5. The van der Waals surface area contributed by atoms with Crippen LogP contribution in [0.2, 0.25) is 0 Å². The normalized spacial score (nSPS) is 23.0. The first kappa shape index (κ1) is 22.8. The van der Waals surface area contributed by atoms with Crippen molar-refractivity contribution in [1.82, 2.24) is 15.0 Å². The van der Waals surface area contributed by atoms with Crippen LogP contribution in [0.4, 0.5) is 11.6 Å². The Kier molecular flexibility index (Phi) is 5.87. The lowest BCUT2D eigenvalue weighted by Crippen LogP contribution is -2.39. The van der Waals surface area contributed by atoms with Gasteiger partial charge in [-0.15, -0.1) is 11.3 Å². The summed E-state index contributed by atoms with van der Waals surface area (Å²) in [4.78, 5) is 21.4. The summed E-state index contributed by atoms with van der Waals surface area (Å²) in [5, 5.41) is 2.06. The summed E-state index contributed by atoms with van der Waals surface area (Å²) in [7, 11) is 0. The van der Waals surface area contributed by atoms with Crippen molar-refractivity contribution in [3.8, 4) is 0 Å². The van der Waals surface area contributed by atoms with Crippen LogP contribution < -0.4 is 9.80 Å².